The molecule has 3 atom stereocenters. The number of carbonyl (C=O) groups is 1. The molecule has 0 aromatic carbocycles. The van der Waals surface area contributed by atoms with E-state index in [4.69, 9.17) is 37.7 Å². The van der Waals surface area contributed by atoms with E-state index in [1.165, 1.54) is 0 Å². The minimum absolute atomic E-state index is 0.0412. The van der Waals surface area contributed by atoms with Crippen LogP contribution in [0.3, 0.4) is 0 Å². The smallest absolute Gasteiger partial charge is 0.143 e. The maximum Gasteiger partial charge on any atom is 0.143 e. The zero-order valence-electron chi connectivity index (χ0n) is 20.6. The fourth-order valence-corrected chi connectivity index (χ4v) is 5.39. The Bertz CT molecular complexity index is 1050. The van der Waals surface area contributed by atoms with Crippen LogP contribution in [-0.4, -0.2) is 60.8 Å². The van der Waals surface area contributed by atoms with Crippen LogP contribution in [0, 0.1) is 11.8 Å². The minimum Gasteiger partial charge on any atom is -0.383 e. The fraction of sp³-hybridized carbons (Fsp3) is 0.577. The van der Waals surface area contributed by atoms with Crippen molar-refractivity contribution < 1.29 is 14.3 Å². The quantitative estimate of drug-likeness (QED) is 0.490. The molecule has 2 aliphatic rings. The molecule has 1 unspecified atom stereocenters. The van der Waals surface area contributed by atoms with E-state index < -0.39 is 0 Å². The second-order valence-electron chi connectivity index (χ2n) is 10.2. The molecule has 2 N–H and O–H groups in total. The summed E-state index contributed by atoms with van der Waals surface area (Å²) in [5.41, 5.74) is 1.81. The van der Waals surface area contributed by atoms with E-state index in [1.807, 2.05) is 18.2 Å². The van der Waals surface area contributed by atoms with Crippen molar-refractivity contribution in [2.24, 2.45) is 11.8 Å². The van der Waals surface area contributed by atoms with Gasteiger partial charge in [-0.25, -0.2) is 4.98 Å². The highest BCUT2D eigenvalue weighted by Crippen LogP contribution is 2.34. The maximum absolute atomic E-state index is 12.9. The lowest BCUT2D eigenvalue weighted by atomic mass is 9.88. The summed E-state index contributed by atoms with van der Waals surface area (Å²) < 4.78 is 11.0. The molecule has 9 heteroatoms. The van der Waals surface area contributed by atoms with Gasteiger partial charge in [0.15, 0.2) is 0 Å². The summed E-state index contributed by atoms with van der Waals surface area (Å²) in [6, 6.07) is 5.74. The van der Waals surface area contributed by atoms with E-state index in [1.54, 1.807) is 13.3 Å². The molecule has 190 valence electrons. The van der Waals surface area contributed by atoms with Crippen LogP contribution in [0.2, 0.25) is 10.0 Å². The molecule has 2 saturated heterocycles. The normalized spacial score (nSPS) is 23.9. The average molecular weight is 521 g/mol. The SMILES string of the molecule is COC[C@@H]1C[C@@H](C(=O)Cc2cc(-c3nc(NCC4CCOC(C)(C)C4)ccc3Cl)c(Cl)cn2)CN1. The van der Waals surface area contributed by atoms with Crippen LogP contribution in [0.4, 0.5) is 5.82 Å². The number of Topliss-reactive ketones (excluding diaryl/α,β-unsaturated/α-hetero) is 1. The summed E-state index contributed by atoms with van der Waals surface area (Å²) in [6.07, 6.45) is 4.61. The zero-order valence-corrected chi connectivity index (χ0v) is 22.1. The van der Waals surface area contributed by atoms with Gasteiger partial charge in [0.25, 0.3) is 0 Å². The number of halogens is 2. The maximum atomic E-state index is 12.9. The van der Waals surface area contributed by atoms with Gasteiger partial charge in [-0.3, -0.25) is 9.78 Å². The zero-order chi connectivity index (χ0) is 25.0. The van der Waals surface area contributed by atoms with Gasteiger partial charge in [-0.1, -0.05) is 23.2 Å². The number of pyridine rings is 2. The van der Waals surface area contributed by atoms with Crippen molar-refractivity contribution in [1.29, 1.82) is 0 Å². The van der Waals surface area contributed by atoms with Gasteiger partial charge in [0.2, 0.25) is 0 Å². The van der Waals surface area contributed by atoms with E-state index in [0.29, 0.717) is 46.1 Å². The summed E-state index contributed by atoms with van der Waals surface area (Å²) in [5, 5.41) is 7.74. The molecule has 0 saturated carbocycles. The molecular weight excluding hydrogens is 487 g/mol. The number of carbonyl (C=O) groups excluding carboxylic acids is 1. The van der Waals surface area contributed by atoms with E-state index in [2.05, 4.69) is 29.5 Å². The van der Waals surface area contributed by atoms with Crippen molar-refractivity contribution >= 4 is 34.8 Å². The first kappa shape index (κ1) is 26.3. The summed E-state index contributed by atoms with van der Waals surface area (Å²) in [6.45, 7) is 7.12. The molecule has 4 heterocycles. The van der Waals surface area contributed by atoms with E-state index >= 15 is 0 Å². The Balaban J connectivity index is 1.45. The Morgan fingerprint density at radius 1 is 1.31 bits per heavy atom. The van der Waals surface area contributed by atoms with Crippen LogP contribution < -0.4 is 10.6 Å². The van der Waals surface area contributed by atoms with E-state index in [0.717, 1.165) is 38.2 Å². The highest BCUT2D eigenvalue weighted by molar-refractivity contribution is 6.36. The highest BCUT2D eigenvalue weighted by Gasteiger charge is 2.30. The van der Waals surface area contributed by atoms with Gasteiger partial charge in [-0.15, -0.1) is 0 Å². The molecule has 2 aromatic heterocycles. The van der Waals surface area contributed by atoms with E-state index in [-0.39, 0.29) is 29.8 Å². The number of methoxy groups -OCH3 is 1. The van der Waals surface area contributed by atoms with Crippen molar-refractivity contribution in [2.45, 2.75) is 51.2 Å². The molecule has 0 aliphatic carbocycles. The Kier molecular flexibility index (Phi) is 8.66. The van der Waals surface area contributed by atoms with Crippen molar-refractivity contribution in [2.75, 3.05) is 38.7 Å². The molecule has 2 aliphatic heterocycles. The van der Waals surface area contributed by atoms with Crippen LogP contribution in [-0.2, 0) is 20.7 Å². The third kappa shape index (κ3) is 6.92. The second-order valence-corrected chi connectivity index (χ2v) is 11.0. The second kappa shape index (κ2) is 11.5. The molecule has 2 fully saturated rings. The first-order valence-corrected chi connectivity index (χ1v) is 12.9. The third-order valence-corrected chi connectivity index (χ3v) is 7.39. The Hall–Kier alpha value is -1.77. The molecule has 7 nitrogen and oxygen atoms in total. The Labute approximate surface area is 217 Å². The van der Waals surface area contributed by atoms with Gasteiger partial charge in [-0.05, 0) is 57.2 Å². The number of nitrogens with one attached hydrogen (secondary N) is 2. The van der Waals surface area contributed by atoms with Gasteiger partial charge in [0, 0.05) is 62.6 Å². The predicted molar refractivity (Wildman–Crippen MR) is 139 cm³/mol. The fourth-order valence-electron chi connectivity index (χ4n) is 4.99. The van der Waals surface area contributed by atoms with Gasteiger partial charge in [0.1, 0.15) is 11.6 Å². The first-order valence-electron chi connectivity index (χ1n) is 12.2. The average Bonchev–Trinajstić information content (AvgIpc) is 3.28. The number of ketones is 1. The van der Waals surface area contributed by atoms with Gasteiger partial charge >= 0.3 is 0 Å². The third-order valence-electron chi connectivity index (χ3n) is 6.78. The summed E-state index contributed by atoms with van der Waals surface area (Å²) in [5.74, 6) is 1.36. The van der Waals surface area contributed by atoms with Crippen LogP contribution in [0.25, 0.3) is 11.3 Å². The van der Waals surface area contributed by atoms with Crippen molar-refractivity contribution in [3.63, 3.8) is 0 Å². The molecule has 2 aromatic rings. The van der Waals surface area contributed by atoms with Gasteiger partial charge in [-0.2, -0.15) is 0 Å². The van der Waals surface area contributed by atoms with E-state index in [9.17, 15) is 4.79 Å². The number of nitrogens with zero attached hydrogens (tertiary/aromatic N) is 2. The molecule has 0 bridgehead atoms. The Morgan fingerprint density at radius 2 is 2.14 bits per heavy atom. The molecule has 0 spiro atoms. The van der Waals surface area contributed by atoms with Gasteiger partial charge in [0.05, 0.1) is 27.9 Å². The number of aromatic nitrogens is 2. The number of anilines is 1. The number of rotatable bonds is 9. The number of hydrogen-bond donors (Lipinski definition) is 2. The lowest BCUT2D eigenvalue weighted by molar-refractivity contribution is -0.121. The molecule has 35 heavy (non-hydrogen) atoms. The molecular formula is C26H34Cl2N4O3. The molecule has 0 radical (unpaired) electrons. The highest BCUT2D eigenvalue weighted by atomic mass is 35.5. The van der Waals surface area contributed by atoms with Crippen LogP contribution in [0.1, 0.15) is 38.8 Å². The van der Waals surface area contributed by atoms with Gasteiger partial charge < -0.3 is 20.1 Å². The van der Waals surface area contributed by atoms with Crippen LogP contribution in [0.5, 0.6) is 0 Å². The number of hydrogen-bond acceptors (Lipinski definition) is 7. The monoisotopic (exact) mass is 520 g/mol. The summed E-state index contributed by atoms with van der Waals surface area (Å²) in [4.78, 5) is 22.0. The first-order chi connectivity index (χ1) is 16.7. The summed E-state index contributed by atoms with van der Waals surface area (Å²) >= 11 is 13.0. The predicted octanol–water partition coefficient (Wildman–Crippen LogP) is 4.80. The van der Waals surface area contributed by atoms with Crippen molar-refractivity contribution in [3.8, 4) is 11.3 Å². The van der Waals surface area contributed by atoms with Crippen LogP contribution >= 0.6 is 23.2 Å². The minimum atomic E-state index is -0.0964. The summed E-state index contributed by atoms with van der Waals surface area (Å²) in [7, 11) is 1.67. The molecule has 4 rings (SSSR count). The number of ether oxygens (including phenoxy) is 2. The Morgan fingerprint density at radius 3 is 2.91 bits per heavy atom. The lowest BCUT2D eigenvalue weighted by Crippen LogP contribution is -2.36. The standard InChI is InChI=1S/C26H34Cl2N4O3/c1-26(2)11-16(6-7-35-26)12-31-24-5-4-21(27)25(32-24)20-9-18(30-14-22(20)28)10-23(33)17-8-19(15-34-3)29-13-17/h4-5,9,14,16-17,19,29H,6-8,10-13,15H2,1-3H3,(H,31,32)/t16?,17-,19+/m1/s1. The van der Waals surface area contributed by atoms with Crippen LogP contribution in [0.15, 0.2) is 24.4 Å². The van der Waals surface area contributed by atoms with Crippen molar-refractivity contribution in [3.05, 3.63) is 40.1 Å². The lowest BCUT2D eigenvalue weighted by Gasteiger charge is -2.35. The van der Waals surface area contributed by atoms with Crippen molar-refractivity contribution in [1.82, 2.24) is 15.3 Å². The topological polar surface area (TPSA) is 85.4 Å². The molecule has 0 amide bonds. The largest absolute Gasteiger partial charge is 0.383 e.